The maximum atomic E-state index is 12.0. The van der Waals surface area contributed by atoms with E-state index in [0.717, 1.165) is 4.90 Å². The van der Waals surface area contributed by atoms with Gasteiger partial charge in [-0.3, -0.25) is 19.2 Å². The molecule has 1 rings (SSSR count). The average Bonchev–Trinajstić information content (AvgIpc) is 2.88. The van der Waals surface area contributed by atoms with E-state index in [-0.39, 0.29) is 57.4 Å². The van der Waals surface area contributed by atoms with Crippen molar-refractivity contribution in [2.24, 2.45) is 0 Å². The van der Waals surface area contributed by atoms with E-state index >= 15 is 0 Å². The molecular weight excluding hydrogens is 350 g/mol. The molecule has 1 atom stereocenters. The quantitative estimate of drug-likeness (QED) is 0.232. The highest BCUT2D eigenvalue weighted by Gasteiger charge is 2.41. The summed E-state index contributed by atoms with van der Waals surface area (Å²) in [7, 11) is 0. The zero-order chi connectivity index (χ0) is 18.8. The van der Waals surface area contributed by atoms with E-state index in [1.807, 2.05) is 0 Å². The SMILES string of the molecule is C=C(C(=O)NCCNC(=O)CCOCCO)N1C(=O)CC(SC)C1=O. The van der Waals surface area contributed by atoms with E-state index in [0.29, 0.717) is 0 Å². The number of ether oxygens (including phenoxy) is 1. The Kier molecular flexibility index (Phi) is 9.17. The maximum Gasteiger partial charge on any atom is 0.267 e. The molecule has 0 radical (unpaired) electrons. The van der Waals surface area contributed by atoms with Crippen LogP contribution in [0.4, 0.5) is 0 Å². The van der Waals surface area contributed by atoms with Crippen molar-refractivity contribution < 1.29 is 29.0 Å². The van der Waals surface area contributed by atoms with Crippen molar-refractivity contribution in [3.05, 3.63) is 12.3 Å². The Labute approximate surface area is 150 Å². The first-order valence-electron chi connectivity index (χ1n) is 7.74. The second-order valence-electron chi connectivity index (χ2n) is 5.13. The Bertz CT molecular complexity index is 539. The van der Waals surface area contributed by atoms with Crippen LogP contribution in [-0.2, 0) is 23.9 Å². The van der Waals surface area contributed by atoms with Gasteiger partial charge >= 0.3 is 0 Å². The molecule has 0 aliphatic carbocycles. The molecule has 0 aromatic heterocycles. The van der Waals surface area contributed by atoms with Gasteiger partial charge in [0, 0.05) is 25.9 Å². The van der Waals surface area contributed by atoms with Crippen molar-refractivity contribution in [3.63, 3.8) is 0 Å². The fourth-order valence-corrected chi connectivity index (χ4v) is 2.69. The molecule has 0 spiro atoms. The highest BCUT2D eigenvalue weighted by molar-refractivity contribution is 8.00. The van der Waals surface area contributed by atoms with E-state index in [9.17, 15) is 19.2 Å². The minimum Gasteiger partial charge on any atom is -0.394 e. The fraction of sp³-hybridized carbons (Fsp3) is 0.600. The predicted octanol–water partition coefficient (Wildman–Crippen LogP) is -1.38. The Morgan fingerprint density at radius 1 is 1.32 bits per heavy atom. The average molecular weight is 373 g/mol. The maximum absolute atomic E-state index is 12.0. The van der Waals surface area contributed by atoms with Crippen LogP contribution in [0.2, 0.25) is 0 Å². The molecule has 0 bridgehead atoms. The second-order valence-corrected chi connectivity index (χ2v) is 6.17. The van der Waals surface area contributed by atoms with Gasteiger partial charge in [-0.15, -0.1) is 0 Å². The molecule has 1 saturated heterocycles. The van der Waals surface area contributed by atoms with Gasteiger partial charge in [0.25, 0.3) is 5.91 Å². The Morgan fingerprint density at radius 2 is 2.00 bits per heavy atom. The molecule has 0 saturated carbocycles. The van der Waals surface area contributed by atoms with Crippen LogP contribution in [0.5, 0.6) is 0 Å². The van der Waals surface area contributed by atoms with Crippen LogP contribution >= 0.6 is 11.8 Å². The number of aliphatic hydroxyl groups is 1. The molecule has 1 aliphatic rings. The van der Waals surface area contributed by atoms with Crippen LogP contribution < -0.4 is 10.6 Å². The summed E-state index contributed by atoms with van der Waals surface area (Å²) in [6, 6.07) is 0. The van der Waals surface area contributed by atoms with Gasteiger partial charge < -0.3 is 20.5 Å². The first kappa shape index (κ1) is 21.1. The van der Waals surface area contributed by atoms with Gasteiger partial charge in [-0.05, 0) is 6.26 Å². The van der Waals surface area contributed by atoms with Gasteiger partial charge in [-0.2, -0.15) is 11.8 Å². The van der Waals surface area contributed by atoms with E-state index in [1.54, 1.807) is 6.26 Å². The molecule has 1 aliphatic heterocycles. The standard InChI is InChI=1S/C15H23N3O6S/c1-10(18-13(21)9-11(25-2)15(18)23)14(22)17-5-4-16-12(20)3-7-24-8-6-19/h11,19H,1,3-9H2,2H3,(H,16,20)(H,17,22). The number of nitrogens with one attached hydrogen (secondary N) is 2. The molecular formula is C15H23N3O6S. The van der Waals surface area contributed by atoms with Gasteiger partial charge in [0.15, 0.2) is 0 Å². The van der Waals surface area contributed by atoms with Gasteiger partial charge in [0.05, 0.1) is 25.1 Å². The number of rotatable bonds is 11. The van der Waals surface area contributed by atoms with Gasteiger partial charge in [0.2, 0.25) is 17.7 Å². The highest BCUT2D eigenvalue weighted by atomic mass is 32.2. The molecule has 3 N–H and O–H groups in total. The molecule has 1 fully saturated rings. The normalized spacial score (nSPS) is 16.9. The molecule has 25 heavy (non-hydrogen) atoms. The number of thioether (sulfide) groups is 1. The molecule has 9 nitrogen and oxygen atoms in total. The third kappa shape index (κ3) is 6.48. The van der Waals surface area contributed by atoms with Crippen LogP contribution in [-0.4, -0.2) is 78.1 Å². The number of nitrogens with zero attached hydrogens (tertiary/aromatic N) is 1. The van der Waals surface area contributed by atoms with E-state index in [1.165, 1.54) is 11.8 Å². The van der Waals surface area contributed by atoms with Crippen molar-refractivity contribution in [3.8, 4) is 0 Å². The molecule has 10 heteroatoms. The lowest BCUT2D eigenvalue weighted by Gasteiger charge is -2.17. The third-order valence-corrected chi connectivity index (χ3v) is 4.30. The number of amides is 4. The van der Waals surface area contributed by atoms with Crippen LogP contribution in [0.25, 0.3) is 0 Å². The predicted molar refractivity (Wildman–Crippen MR) is 91.5 cm³/mol. The number of likely N-dealkylation sites (tertiary alicyclic amines) is 1. The monoisotopic (exact) mass is 373 g/mol. The Morgan fingerprint density at radius 3 is 2.60 bits per heavy atom. The summed E-state index contributed by atoms with van der Waals surface area (Å²) in [5, 5.41) is 13.1. The smallest absolute Gasteiger partial charge is 0.267 e. The number of carbonyl (C=O) groups is 4. The molecule has 0 aromatic rings. The highest BCUT2D eigenvalue weighted by Crippen LogP contribution is 2.25. The third-order valence-electron chi connectivity index (χ3n) is 3.36. The summed E-state index contributed by atoms with van der Waals surface area (Å²) in [6.07, 6.45) is 1.92. The lowest BCUT2D eigenvalue weighted by molar-refractivity contribution is -0.138. The van der Waals surface area contributed by atoms with Crippen molar-refractivity contribution in [2.75, 3.05) is 39.2 Å². The molecule has 4 amide bonds. The summed E-state index contributed by atoms with van der Waals surface area (Å²) < 4.78 is 4.96. The lowest BCUT2D eigenvalue weighted by Crippen LogP contribution is -2.41. The second kappa shape index (κ2) is 10.9. The molecule has 140 valence electrons. The first-order chi connectivity index (χ1) is 11.9. The van der Waals surface area contributed by atoms with Crippen LogP contribution in [0.3, 0.4) is 0 Å². The summed E-state index contributed by atoms with van der Waals surface area (Å²) >= 11 is 1.25. The summed E-state index contributed by atoms with van der Waals surface area (Å²) in [5.41, 5.74) is -0.213. The first-order valence-corrected chi connectivity index (χ1v) is 9.03. The van der Waals surface area contributed by atoms with Gasteiger partial charge in [-0.25, -0.2) is 4.90 Å². The van der Waals surface area contributed by atoms with Crippen molar-refractivity contribution in [1.29, 1.82) is 0 Å². The lowest BCUT2D eigenvalue weighted by atomic mass is 10.3. The number of imide groups is 1. The van der Waals surface area contributed by atoms with E-state index in [4.69, 9.17) is 9.84 Å². The Balaban J connectivity index is 2.28. The van der Waals surface area contributed by atoms with Crippen LogP contribution in [0.1, 0.15) is 12.8 Å². The van der Waals surface area contributed by atoms with Crippen LogP contribution in [0.15, 0.2) is 12.3 Å². The Hall–Kier alpha value is -1.91. The number of hydrogen-bond acceptors (Lipinski definition) is 7. The van der Waals surface area contributed by atoms with Gasteiger partial charge in [0.1, 0.15) is 5.70 Å². The van der Waals surface area contributed by atoms with Crippen LogP contribution in [0, 0.1) is 0 Å². The number of carbonyl (C=O) groups excluding carboxylic acids is 4. The van der Waals surface area contributed by atoms with E-state index < -0.39 is 23.0 Å². The summed E-state index contributed by atoms with van der Waals surface area (Å²) in [4.78, 5) is 48.1. The molecule has 1 unspecified atom stereocenters. The number of hydrogen-bond donors (Lipinski definition) is 3. The zero-order valence-electron chi connectivity index (χ0n) is 14.1. The van der Waals surface area contributed by atoms with E-state index in [2.05, 4.69) is 17.2 Å². The van der Waals surface area contributed by atoms with Crippen molar-refractivity contribution >= 4 is 35.4 Å². The zero-order valence-corrected chi connectivity index (χ0v) is 14.9. The minimum absolute atomic E-state index is 0.0563. The molecule has 0 aromatic carbocycles. The largest absolute Gasteiger partial charge is 0.394 e. The topological polar surface area (TPSA) is 125 Å². The summed E-state index contributed by atoms with van der Waals surface area (Å²) in [6.45, 7) is 4.11. The fourth-order valence-electron chi connectivity index (χ4n) is 2.07. The number of aliphatic hydroxyl groups excluding tert-OH is 1. The molecule has 1 heterocycles. The van der Waals surface area contributed by atoms with Crippen molar-refractivity contribution in [1.82, 2.24) is 15.5 Å². The van der Waals surface area contributed by atoms with Gasteiger partial charge in [-0.1, -0.05) is 6.58 Å². The minimum atomic E-state index is -0.635. The van der Waals surface area contributed by atoms with Crippen molar-refractivity contribution in [2.45, 2.75) is 18.1 Å². The summed E-state index contributed by atoms with van der Waals surface area (Å²) in [5.74, 6) is -1.77.